The molecule has 1 amide bonds. The number of nitrogens with one attached hydrogen (secondary N) is 1. The Kier molecular flexibility index (Phi) is 6.07. The summed E-state index contributed by atoms with van der Waals surface area (Å²) in [7, 11) is 0. The van der Waals surface area contributed by atoms with Gasteiger partial charge in [-0.25, -0.2) is 0 Å². The highest BCUT2D eigenvalue weighted by molar-refractivity contribution is 5.96. The molecule has 0 saturated carbocycles. The summed E-state index contributed by atoms with van der Waals surface area (Å²) >= 11 is 0. The van der Waals surface area contributed by atoms with Crippen molar-refractivity contribution in [3.63, 3.8) is 0 Å². The lowest BCUT2D eigenvalue weighted by Gasteiger charge is -2.20. The molecular weight excluding hydrogens is 389 g/mol. The number of amides is 1. The maximum Gasteiger partial charge on any atom is 0.411 e. The summed E-state index contributed by atoms with van der Waals surface area (Å²) in [6, 6.07) is 6.72. The molecule has 1 aromatic heterocycles. The zero-order valence-electron chi connectivity index (χ0n) is 16.4. The van der Waals surface area contributed by atoms with Crippen molar-refractivity contribution in [3.8, 4) is 17.2 Å². The van der Waals surface area contributed by atoms with Gasteiger partial charge in [-0.15, -0.1) is 0 Å². The van der Waals surface area contributed by atoms with Gasteiger partial charge in [-0.05, 0) is 39.0 Å². The Morgan fingerprint density at radius 1 is 1.21 bits per heavy atom. The van der Waals surface area contributed by atoms with E-state index in [1.807, 2.05) is 36.6 Å². The SMILES string of the molecule is Cc1cc(C(=O)NC(C)COCC(F)(F)F)c(C)n1-c1ccc2c(c1)OCCO2. The molecule has 0 aliphatic carbocycles. The molecule has 1 N–H and O–H groups in total. The first-order valence-electron chi connectivity index (χ1n) is 9.20. The number of aryl methyl sites for hydroxylation is 1. The Labute approximate surface area is 166 Å². The van der Waals surface area contributed by atoms with E-state index in [2.05, 4.69) is 10.1 Å². The number of halogens is 3. The van der Waals surface area contributed by atoms with Crippen molar-refractivity contribution in [2.75, 3.05) is 26.4 Å². The third kappa shape index (κ3) is 5.03. The van der Waals surface area contributed by atoms with E-state index in [0.717, 1.165) is 11.4 Å². The molecule has 6 nitrogen and oxygen atoms in total. The van der Waals surface area contributed by atoms with Crippen LogP contribution in [0.25, 0.3) is 5.69 Å². The molecule has 0 radical (unpaired) electrons. The summed E-state index contributed by atoms with van der Waals surface area (Å²) in [5.41, 5.74) is 2.82. The molecule has 1 aliphatic heterocycles. The van der Waals surface area contributed by atoms with Crippen molar-refractivity contribution in [3.05, 3.63) is 41.2 Å². The smallest absolute Gasteiger partial charge is 0.411 e. The molecule has 0 fully saturated rings. The summed E-state index contributed by atoms with van der Waals surface area (Å²) in [4.78, 5) is 12.6. The predicted octanol–water partition coefficient (Wildman–Crippen LogP) is 3.56. The second-order valence-electron chi connectivity index (χ2n) is 6.95. The van der Waals surface area contributed by atoms with Gasteiger partial charge < -0.3 is 24.1 Å². The van der Waals surface area contributed by atoms with Crippen LogP contribution < -0.4 is 14.8 Å². The molecule has 1 atom stereocenters. The second kappa shape index (κ2) is 8.36. The molecule has 158 valence electrons. The highest BCUT2D eigenvalue weighted by atomic mass is 19.4. The first-order valence-corrected chi connectivity index (χ1v) is 9.20. The van der Waals surface area contributed by atoms with Gasteiger partial charge in [0, 0.05) is 29.2 Å². The molecule has 1 unspecified atom stereocenters. The molecule has 29 heavy (non-hydrogen) atoms. The summed E-state index contributed by atoms with van der Waals surface area (Å²) in [6.07, 6.45) is -4.39. The molecule has 3 rings (SSSR count). The fourth-order valence-electron chi connectivity index (χ4n) is 3.26. The number of benzene rings is 1. The number of rotatable bonds is 6. The summed E-state index contributed by atoms with van der Waals surface area (Å²) in [5, 5.41) is 2.68. The lowest BCUT2D eigenvalue weighted by molar-refractivity contribution is -0.174. The van der Waals surface area contributed by atoms with Gasteiger partial charge in [0.1, 0.15) is 19.8 Å². The first kappa shape index (κ1) is 21.0. The van der Waals surface area contributed by atoms with Crippen LogP contribution in [-0.2, 0) is 4.74 Å². The predicted molar refractivity (Wildman–Crippen MR) is 100 cm³/mol. The van der Waals surface area contributed by atoms with Gasteiger partial charge in [0.15, 0.2) is 11.5 Å². The topological polar surface area (TPSA) is 61.7 Å². The molecule has 2 aromatic rings. The third-order valence-corrected chi connectivity index (χ3v) is 4.47. The minimum atomic E-state index is -4.39. The Bertz CT molecular complexity index is 893. The molecule has 0 bridgehead atoms. The van der Waals surface area contributed by atoms with Gasteiger partial charge in [-0.1, -0.05) is 0 Å². The van der Waals surface area contributed by atoms with Gasteiger partial charge in [0.05, 0.1) is 12.2 Å². The monoisotopic (exact) mass is 412 g/mol. The maximum absolute atomic E-state index is 12.6. The van der Waals surface area contributed by atoms with Crippen LogP contribution in [0.4, 0.5) is 13.2 Å². The second-order valence-corrected chi connectivity index (χ2v) is 6.95. The molecule has 0 saturated heterocycles. The van der Waals surface area contributed by atoms with Crippen LogP contribution in [-0.4, -0.2) is 49.1 Å². The number of fused-ring (bicyclic) bond motifs is 1. The molecule has 1 aliphatic rings. The van der Waals surface area contributed by atoms with Gasteiger partial charge in [-0.2, -0.15) is 13.2 Å². The van der Waals surface area contributed by atoms with E-state index in [0.29, 0.717) is 36.0 Å². The number of aromatic nitrogens is 1. The van der Waals surface area contributed by atoms with E-state index in [4.69, 9.17) is 9.47 Å². The van der Waals surface area contributed by atoms with Crippen LogP contribution in [0, 0.1) is 13.8 Å². The zero-order valence-corrected chi connectivity index (χ0v) is 16.4. The number of carbonyl (C=O) groups is 1. The van der Waals surface area contributed by atoms with Crippen LogP contribution >= 0.6 is 0 Å². The number of hydrogen-bond donors (Lipinski definition) is 1. The van der Waals surface area contributed by atoms with Crippen molar-refractivity contribution in [1.29, 1.82) is 0 Å². The van der Waals surface area contributed by atoms with Gasteiger partial charge in [0.25, 0.3) is 5.91 Å². The first-order chi connectivity index (χ1) is 13.7. The Morgan fingerprint density at radius 2 is 1.90 bits per heavy atom. The number of alkyl halides is 3. The molecule has 0 spiro atoms. The van der Waals surface area contributed by atoms with Crippen LogP contribution in [0.2, 0.25) is 0 Å². The Balaban J connectivity index is 1.73. The van der Waals surface area contributed by atoms with E-state index in [9.17, 15) is 18.0 Å². The summed E-state index contributed by atoms with van der Waals surface area (Å²) < 4.78 is 54.2. The van der Waals surface area contributed by atoms with Gasteiger partial charge in [-0.3, -0.25) is 4.79 Å². The van der Waals surface area contributed by atoms with E-state index in [1.165, 1.54) is 0 Å². The number of carbonyl (C=O) groups excluding carboxylic acids is 1. The Morgan fingerprint density at radius 3 is 2.59 bits per heavy atom. The molecular formula is C20H23F3N2O4. The quantitative estimate of drug-likeness (QED) is 0.788. The van der Waals surface area contributed by atoms with Crippen LogP contribution in [0.3, 0.4) is 0 Å². The van der Waals surface area contributed by atoms with Crippen molar-refractivity contribution in [2.45, 2.75) is 33.0 Å². The van der Waals surface area contributed by atoms with Crippen molar-refractivity contribution < 1.29 is 32.2 Å². The van der Waals surface area contributed by atoms with Crippen LogP contribution in [0.1, 0.15) is 28.7 Å². The highest BCUT2D eigenvalue weighted by Crippen LogP contribution is 2.33. The van der Waals surface area contributed by atoms with E-state index < -0.39 is 18.8 Å². The fourth-order valence-corrected chi connectivity index (χ4v) is 3.26. The lowest BCUT2D eigenvalue weighted by Crippen LogP contribution is -2.37. The number of nitrogens with zero attached hydrogens (tertiary/aromatic N) is 1. The highest BCUT2D eigenvalue weighted by Gasteiger charge is 2.28. The zero-order chi connectivity index (χ0) is 21.2. The van der Waals surface area contributed by atoms with Crippen LogP contribution in [0.15, 0.2) is 24.3 Å². The van der Waals surface area contributed by atoms with Gasteiger partial charge in [0.2, 0.25) is 0 Å². The molecule has 9 heteroatoms. The van der Waals surface area contributed by atoms with Gasteiger partial charge >= 0.3 is 6.18 Å². The summed E-state index contributed by atoms with van der Waals surface area (Å²) in [5.74, 6) is 0.945. The van der Waals surface area contributed by atoms with E-state index in [1.54, 1.807) is 13.0 Å². The van der Waals surface area contributed by atoms with E-state index >= 15 is 0 Å². The normalized spacial score (nSPS) is 14.6. The molecule has 2 heterocycles. The summed E-state index contributed by atoms with van der Waals surface area (Å²) in [6.45, 7) is 4.68. The van der Waals surface area contributed by atoms with Crippen molar-refractivity contribution in [1.82, 2.24) is 9.88 Å². The van der Waals surface area contributed by atoms with Crippen molar-refractivity contribution in [2.24, 2.45) is 0 Å². The average molecular weight is 412 g/mol. The van der Waals surface area contributed by atoms with Crippen LogP contribution in [0.5, 0.6) is 11.5 Å². The maximum atomic E-state index is 12.6. The van der Waals surface area contributed by atoms with Crippen molar-refractivity contribution >= 4 is 5.91 Å². The minimum absolute atomic E-state index is 0.230. The minimum Gasteiger partial charge on any atom is -0.486 e. The number of ether oxygens (including phenoxy) is 3. The third-order valence-electron chi connectivity index (χ3n) is 4.47. The average Bonchev–Trinajstić information content (AvgIpc) is 2.94. The fraction of sp³-hybridized carbons (Fsp3) is 0.450. The molecule has 1 aromatic carbocycles. The number of hydrogen-bond acceptors (Lipinski definition) is 4. The van der Waals surface area contributed by atoms with E-state index in [-0.39, 0.29) is 12.5 Å². The largest absolute Gasteiger partial charge is 0.486 e. The standard InChI is InChI=1S/C20H23F3N2O4/c1-12(10-27-11-20(21,22)23)24-19(26)16-8-13(2)25(14(16)3)15-4-5-17-18(9-15)29-7-6-28-17/h4-5,8-9,12H,6-7,10-11H2,1-3H3,(H,24,26). The Hall–Kier alpha value is -2.68. The lowest BCUT2D eigenvalue weighted by atomic mass is 10.2.